The molecule has 7 nitrogen and oxygen atoms in total. The summed E-state index contributed by atoms with van der Waals surface area (Å²) in [4.78, 5) is 26.4. The Bertz CT molecular complexity index is 1570. The number of hydrogen-bond acceptors (Lipinski definition) is 6. The van der Waals surface area contributed by atoms with Crippen LogP contribution in [0.5, 0.6) is 5.75 Å². The fourth-order valence-electron chi connectivity index (χ4n) is 3.61. The summed E-state index contributed by atoms with van der Waals surface area (Å²) in [6.45, 7) is 6.46. The van der Waals surface area contributed by atoms with Gasteiger partial charge in [0.2, 0.25) is 0 Å². The van der Waals surface area contributed by atoms with Crippen LogP contribution in [0.3, 0.4) is 0 Å². The van der Waals surface area contributed by atoms with Gasteiger partial charge in [0, 0.05) is 35.8 Å². The van der Waals surface area contributed by atoms with E-state index in [-0.39, 0.29) is 33.2 Å². The molecule has 0 atom stereocenters. The van der Waals surface area contributed by atoms with Gasteiger partial charge in [-0.2, -0.15) is 0 Å². The van der Waals surface area contributed by atoms with Crippen molar-refractivity contribution in [3.05, 3.63) is 96.9 Å². The Labute approximate surface area is 224 Å². The molecule has 0 amide bonds. The molecule has 11 heteroatoms. The van der Waals surface area contributed by atoms with Crippen molar-refractivity contribution in [1.82, 2.24) is 19.5 Å². The molecular formula is C26H22BrClF2N4O3. The maximum Gasteiger partial charge on any atom is 0.273 e. The smallest absolute Gasteiger partial charge is 0.273 e. The number of halogens is 4. The van der Waals surface area contributed by atoms with Crippen molar-refractivity contribution in [2.45, 2.75) is 39.9 Å². The van der Waals surface area contributed by atoms with E-state index in [1.807, 2.05) is 6.92 Å². The van der Waals surface area contributed by atoms with Crippen LogP contribution in [0.2, 0.25) is 5.02 Å². The van der Waals surface area contributed by atoms with Gasteiger partial charge in [-0.3, -0.25) is 14.3 Å². The Kier molecular flexibility index (Phi) is 7.45. The lowest BCUT2D eigenvalue weighted by atomic mass is 10.1. The highest BCUT2D eigenvalue weighted by molar-refractivity contribution is 9.10. The molecule has 0 bridgehead atoms. The topological polar surface area (TPSA) is 90.1 Å². The van der Waals surface area contributed by atoms with Crippen LogP contribution in [0.4, 0.5) is 8.78 Å². The minimum absolute atomic E-state index is 0.0950. The SMILES string of the molecule is Cc1cnc(C(C)(C)O)nc1-c1cc(-n2c(C)cc(OCc3ccc(F)cc3F)c(Br)c2=O)c(Cl)cn1. The van der Waals surface area contributed by atoms with Gasteiger partial charge < -0.3 is 9.84 Å². The van der Waals surface area contributed by atoms with Crippen molar-refractivity contribution in [3.8, 4) is 22.8 Å². The number of pyridine rings is 2. The van der Waals surface area contributed by atoms with Crippen LogP contribution in [0.1, 0.15) is 36.5 Å². The van der Waals surface area contributed by atoms with E-state index >= 15 is 0 Å². The van der Waals surface area contributed by atoms with Crippen molar-refractivity contribution in [1.29, 1.82) is 0 Å². The first kappa shape index (κ1) is 26.8. The monoisotopic (exact) mass is 590 g/mol. The zero-order valence-corrected chi connectivity index (χ0v) is 22.7. The molecule has 0 spiro atoms. The average Bonchev–Trinajstić information content (AvgIpc) is 2.82. The number of hydrogen-bond donors (Lipinski definition) is 1. The largest absolute Gasteiger partial charge is 0.487 e. The van der Waals surface area contributed by atoms with E-state index in [1.165, 1.54) is 16.8 Å². The number of benzene rings is 1. The van der Waals surface area contributed by atoms with Crippen LogP contribution in [-0.2, 0) is 12.2 Å². The first-order valence-corrected chi connectivity index (χ1v) is 12.3. The molecule has 0 aliphatic carbocycles. The molecule has 3 heterocycles. The van der Waals surface area contributed by atoms with Gasteiger partial charge >= 0.3 is 0 Å². The lowest BCUT2D eigenvalue weighted by Gasteiger charge is -2.18. The van der Waals surface area contributed by atoms with Crippen LogP contribution < -0.4 is 10.3 Å². The van der Waals surface area contributed by atoms with E-state index in [0.29, 0.717) is 22.8 Å². The molecule has 4 rings (SSSR count). The number of aromatic nitrogens is 4. The Balaban J connectivity index is 1.75. The molecule has 4 aromatic rings. The number of aliphatic hydroxyl groups is 1. The van der Waals surface area contributed by atoms with E-state index < -0.39 is 22.8 Å². The molecule has 192 valence electrons. The van der Waals surface area contributed by atoms with Gasteiger partial charge in [-0.15, -0.1) is 0 Å². The van der Waals surface area contributed by atoms with Gasteiger partial charge in [-0.05, 0) is 67.4 Å². The second-order valence-electron chi connectivity index (χ2n) is 8.93. The van der Waals surface area contributed by atoms with Crippen molar-refractivity contribution < 1.29 is 18.6 Å². The molecule has 0 saturated heterocycles. The second kappa shape index (κ2) is 10.3. The van der Waals surface area contributed by atoms with Crippen LogP contribution in [-0.4, -0.2) is 24.6 Å². The van der Waals surface area contributed by atoms with Gasteiger partial charge in [0.25, 0.3) is 5.56 Å². The Morgan fingerprint density at radius 3 is 2.54 bits per heavy atom. The maximum absolute atomic E-state index is 14.0. The predicted molar refractivity (Wildman–Crippen MR) is 139 cm³/mol. The number of aryl methyl sites for hydroxylation is 2. The summed E-state index contributed by atoms with van der Waals surface area (Å²) in [5.74, 6) is -1.02. The number of nitrogens with zero attached hydrogens (tertiary/aromatic N) is 4. The molecule has 0 fully saturated rings. The van der Waals surface area contributed by atoms with Crippen LogP contribution in [0.15, 0.2) is 52.0 Å². The van der Waals surface area contributed by atoms with E-state index in [9.17, 15) is 18.7 Å². The normalized spacial score (nSPS) is 11.6. The lowest BCUT2D eigenvalue weighted by molar-refractivity contribution is 0.0688. The van der Waals surface area contributed by atoms with Gasteiger partial charge in [-0.1, -0.05) is 11.6 Å². The van der Waals surface area contributed by atoms with Crippen molar-refractivity contribution in [3.63, 3.8) is 0 Å². The summed E-state index contributed by atoms with van der Waals surface area (Å²) in [7, 11) is 0. The highest BCUT2D eigenvalue weighted by atomic mass is 79.9. The predicted octanol–water partition coefficient (Wildman–Crippen LogP) is 5.81. The minimum atomic E-state index is -1.26. The summed E-state index contributed by atoms with van der Waals surface area (Å²) < 4.78 is 34.3. The van der Waals surface area contributed by atoms with Gasteiger partial charge in [-0.25, -0.2) is 18.7 Å². The third-order valence-electron chi connectivity index (χ3n) is 5.54. The lowest BCUT2D eigenvalue weighted by Crippen LogP contribution is -2.23. The molecule has 0 unspecified atom stereocenters. The Morgan fingerprint density at radius 1 is 1.14 bits per heavy atom. The Morgan fingerprint density at radius 2 is 1.86 bits per heavy atom. The van der Waals surface area contributed by atoms with Gasteiger partial charge in [0.05, 0.1) is 22.1 Å². The number of rotatable bonds is 6. The molecular weight excluding hydrogens is 570 g/mol. The summed E-state index contributed by atoms with van der Waals surface area (Å²) >= 11 is 9.73. The summed E-state index contributed by atoms with van der Waals surface area (Å²) in [6, 6.07) is 6.41. The molecule has 0 radical (unpaired) electrons. The Hall–Kier alpha value is -3.21. The third kappa shape index (κ3) is 5.56. The molecule has 1 aromatic carbocycles. The van der Waals surface area contributed by atoms with Crippen LogP contribution >= 0.6 is 27.5 Å². The molecule has 1 N–H and O–H groups in total. The van der Waals surface area contributed by atoms with E-state index in [2.05, 4.69) is 30.9 Å². The van der Waals surface area contributed by atoms with Crippen LogP contribution in [0.25, 0.3) is 17.1 Å². The van der Waals surface area contributed by atoms with E-state index in [4.69, 9.17) is 16.3 Å². The fourth-order valence-corrected chi connectivity index (χ4v) is 4.20. The van der Waals surface area contributed by atoms with Crippen molar-refractivity contribution in [2.75, 3.05) is 0 Å². The zero-order valence-electron chi connectivity index (χ0n) is 20.3. The van der Waals surface area contributed by atoms with Crippen molar-refractivity contribution in [2.24, 2.45) is 0 Å². The standard InChI is InChI=1S/C26H22BrClF2N4O3/c1-13-10-32-25(26(3,4)36)33-23(13)19-9-20(17(28)11-31-19)34-14(2)7-21(22(27)24(34)35)37-12-15-5-6-16(29)8-18(15)30/h5-11,36H,12H2,1-4H3. The molecule has 0 aliphatic rings. The molecule has 0 saturated carbocycles. The van der Waals surface area contributed by atoms with Gasteiger partial charge in [0.15, 0.2) is 5.82 Å². The summed E-state index contributed by atoms with van der Waals surface area (Å²) in [5, 5.41) is 10.6. The van der Waals surface area contributed by atoms with Gasteiger partial charge in [0.1, 0.15) is 34.1 Å². The quantitative estimate of drug-likeness (QED) is 0.305. The van der Waals surface area contributed by atoms with Crippen molar-refractivity contribution >= 4 is 27.5 Å². The summed E-state index contributed by atoms with van der Waals surface area (Å²) in [5.41, 5.74) is 0.884. The zero-order chi connectivity index (χ0) is 27.1. The first-order valence-electron chi connectivity index (χ1n) is 11.1. The highest BCUT2D eigenvalue weighted by Gasteiger charge is 2.22. The highest BCUT2D eigenvalue weighted by Crippen LogP contribution is 2.30. The third-order valence-corrected chi connectivity index (χ3v) is 6.56. The average molecular weight is 592 g/mol. The van der Waals surface area contributed by atoms with E-state index in [0.717, 1.165) is 17.7 Å². The first-order chi connectivity index (χ1) is 17.4. The maximum atomic E-state index is 14.0. The number of ether oxygens (including phenoxy) is 1. The molecule has 3 aromatic heterocycles. The van der Waals surface area contributed by atoms with Crippen LogP contribution in [0, 0.1) is 25.5 Å². The fraction of sp³-hybridized carbons (Fsp3) is 0.231. The summed E-state index contributed by atoms with van der Waals surface area (Å²) in [6.07, 6.45) is 3.01. The second-order valence-corrected chi connectivity index (χ2v) is 10.1. The van der Waals surface area contributed by atoms with E-state index in [1.54, 1.807) is 39.1 Å². The minimum Gasteiger partial charge on any atom is -0.487 e. The molecule has 0 aliphatic heterocycles. The molecule has 37 heavy (non-hydrogen) atoms.